The van der Waals surface area contributed by atoms with Gasteiger partial charge in [0, 0.05) is 30.0 Å². The van der Waals surface area contributed by atoms with Crippen LogP contribution in [0.15, 0.2) is 0 Å². The minimum absolute atomic E-state index is 0.635. The van der Waals surface area contributed by atoms with Gasteiger partial charge in [-0.2, -0.15) is 4.37 Å². The van der Waals surface area contributed by atoms with Crippen LogP contribution in [0.5, 0.6) is 0 Å². The maximum absolute atomic E-state index is 5.85. The summed E-state index contributed by atoms with van der Waals surface area (Å²) < 4.78 is 4.24. The van der Waals surface area contributed by atoms with Gasteiger partial charge in [0.05, 0.1) is 0 Å². The first-order valence-electron chi connectivity index (χ1n) is 5.44. The molecule has 0 saturated heterocycles. The second kappa shape index (κ2) is 5.12. The van der Waals surface area contributed by atoms with Crippen molar-refractivity contribution < 1.29 is 0 Å². The summed E-state index contributed by atoms with van der Waals surface area (Å²) in [7, 11) is 0. The van der Waals surface area contributed by atoms with E-state index in [1.165, 1.54) is 37.2 Å². The molecule has 0 aromatic carbocycles. The second-order valence-electron chi connectivity index (χ2n) is 3.94. The van der Waals surface area contributed by atoms with E-state index in [1.807, 2.05) is 6.92 Å². The molecule has 1 fully saturated rings. The van der Waals surface area contributed by atoms with Crippen LogP contribution in [0.3, 0.4) is 0 Å². The van der Waals surface area contributed by atoms with Crippen molar-refractivity contribution in [1.29, 1.82) is 0 Å². The second-order valence-corrected chi connectivity index (χ2v) is 5.05. The Balaban J connectivity index is 2.11. The van der Waals surface area contributed by atoms with Crippen LogP contribution < -0.4 is 4.90 Å². The van der Waals surface area contributed by atoms with Gasteiger partial charge in [-0.1, -0.05) is 12.8 Å². The lowest BCUT2D eigenvalue weighted by Gasteiger charge is -2.27. The average Bonchev–Trinajstić information content (AvgIpc) is 2.85. The summed E-state index contributed by atoms with van der Waals surface area (Å²) in [5, 5.41) is 1.04. The van der Waals surface area contributed by atoms with Gasteiger partial charge in [-0.25, -0.2) is 4.98 Å². The van der Waals surface area contributed by atoms with Gasteiger partial charge >= 0.3 is 0 Å². The van der Waals surface area contributed by atoms with E-state index in [4.69, 9.17) is 11.6 Å². The smallest absolute Gasteiger partial charge is 0.205 e. The Bertz CT molecular complexity index is 309. The predicted octanol–water partition coefficient (Wildman–Crippen LogP) is 2.83. The zero-order valence-corrected chi connectivity index (χ0v) is 10.5. The molecular weight excluding hydrogens is 230 g/mol. The molecule has 0 amide bonds. The molecule has 5 heteroatoms. The Kier molecular flexibility index (Phi) is 3.81. The molecule has 0 aliphatic heterocycles. The van der Waals surface area contributed by atoms with Crippen LogP contribution in [0, 0.1) is 6.92 Å². The van der Waals surface area contributed by atoms with Crippen molar-refractivity contribution in [2.24, 2.45) is 0 Å². The molecule has 0 N–H and O–H groups in total. The van der Waals surface area contributed by atoms with Gasteiger partial charge in [0.25, 0.3) is 0 Å². The summed E-state index contributed by atoms with van der Waals surface area (Å²) in [6, 6.07) is 0.635. The molecule has 2 rings (SSSR count). The molecule has 0 spiro atoms. The molecule has 1 saturated carbocycles. The highest BCUT2D eigenvalue weighted by Crippen LogP contribution is 2.29. The number of aromatic nitrogens is 2. The van der Waals surface area contributed by atoms with Gasteiger partial charge in [0.15, 0.2) is 0 Å². The molecule has 15 heavy (non-hydrogen) atoms. The molecule has 1 aromatic heterocycles. The van der Waals surface area contributed by atoms with Crippen molar-refractivity contribution in [3.8, 4) is 0 Å². The van der Waals surface area contributed by atoms with E-state index in [0.717, 1.165) is 17.5 Å². The van der Waals surface area contributed by atoms with E-state index < -0.39 is 0 Å². The van der Waals surface area contributed by atoms with E-state index in [0.29, 0.717) is 11.9 Å². The van der Waals surface area contributed by atoms with Crippen molar-refractivity contribution in [1.82, 2.24) is 9.36 Å². The summed E-state index contributed by atoms with van der Waals surface area (Å²) >= 11 is 7.34. The number of nitrogens with zero attached hydrogens (tertiary/aromatic N) is 3. The van der Waals surface area contributed by atoms with E-state index in [9.17, 15) is 0 Å². The Morgan fingerprint density at radius 2 is 2.20 bits per heavy atom. The Hall–Kier alpha value is -0.350. The van der Waals surface area contributed by atoms with Gasteiger partial charge in [-0.15, -0.1) is 11.6 Å². The number of rotatable bonds is 4. The third-order valence-corrected chi connectivity index (χ3v) is 3.87. The Morgan fingerprint density at radius 1 is 1.47 bits per heavy atom. The monoisotopic (exact) mass is 245 g/mol. The van der Waals surface area contributed by atoms with Gasteiger partial charge < -0.3 is 4.90 Å². The predicted molar refractivity (Wildman–Crippen MR) is 65.0 cm³/mol. The zero-order valence-electron chi connectivity index (χ0n) is 8.95. The van der Waals surface area contributed by atoms with E-state index in [1.54, 1.807) is 0 Å². The van der Waals surface area contributed by atoms with Crippen LogP contribution in [0.25, 0.3) is 0 Å². The first kappa shape index (κ1) is 11.1. The molecular formula is C10H16ClN3S. The van der Waals surface area contributed by atoms with Gasteiger partial charge in [-0.3, -0.25) is 0 Å². The lowest BCUT2D eigenvalue weighted by Crippen LogP contribution is -2.34. The first-order chi connectivity index (χ1) is 7.31. The molecule has 84 valence electrons. The van der Waals surface area contributed by atoms with E-state index in [-0.39, 0.29) is 0 Å². The topological polar surface area (TPSA) is 29.0 Å². The summed E-state index contributed by atoms with van der Waals surface area (Å²) in [5.74, 6) is 1.53. The van der Waals surface area contributed by atoms with Gasteiger partial charge in [0.2, 0.25) is 5.13 Å². The molecule has 1 aromatic rings. The maximum Gasteiger partial charge on any atom is 0.205 e. The van der Waals surface area contributed by atoms with Crippen LogP contribution in [-0.2, 0) is 0 Å². The standard InChI is InChI=1S/C10H16ClN3S/c1-8-12-10(15-13-8)14(7-6-11)9-4-2-3-5-9/h9H,2-7H2,1H3. The van der Waals surface area contributed by atoms with Crippen molar-refractivity contribution in [2.75, 3.05) is 17.3 Å². The molecule has 1 aliphatic carbocycles. The first-order valence-corrected chi connectivity index (χ1v) is 6.75. The molecule has 0 unspecified atom stereocenters. The van der Waals surface area contributed by atoms with Crippen LogP contribution in [0.4, 0.5) is 5.13 Å². The zero-order chi connectivity index (χ0) is 10.7. The number of alkyl halides is 1. The Morgan fingerprint density at radius 3 is 2.73 bits per heavy atom. The van der Waals surface area contributed by atoms with E-state index in [2.05, 4.69) is 14.3 Å². The van der Waals surface area contributed by atoms with Crippen molar-refractivity contribution in [3.05, 3.63) is 5.82 Å². The number of hydrogen-bond donors (Lipinski definition) is 0. The number of aryl methyl sites for hydroxylation is 1. The number of halogens is 1. The van der Waals surface area contributed by atoms with Crippen molar-refractivity contribution >= 4 is 28.3 Å². The third kappa shape index (κ3) is 2.61. The van der Waals surface area contributed by atoms with Gasteiger partial charge in [0.1, 0.15) is 5.82 Å². The molecule has 0 atom stereocenters. The fourth-order valence-corrected chi connectivity index (χ4v) is 3.10. The maximum atomic E-state index is 5.85. The fraction of sp³-hybridized carbons (Fsp3) is 0.800. The van der Waals surface area contributed by atoms with Crippen LogP contribution in [0.2, 0.25) is 0 Å². The quantitative estimate of drug-likeness (QED) is 0.764. The highest BCUT2D eigenvalue weighted by molar-refractivity contribution is 7.09. The Labute approximate surface area is 99.6 Å². The molecule has 3 nitrogen and oxygen atoms in total. The van der Waals surface area contributed by atoms with Crippen LogP contribution in [-0.4, -0.2) is 27.8 Å². The lowest BCUT2D eigenvalue weighted by atomic mass is 10.2. The molecule has 0 bridgehead atoms. The molecule has 0 radical (unpaired) electrons. The highest BCUT2D eigenvalue weighted by Gasteiger charge is 2.24. The normalized spacial score (nSPS) is 17.2. The van der Waals surface area contributed by atoms with Crippen molar-refractivity contribution in [2.45, 2.75) is 38.6 Å². The lowest BCUT2D eigenvalue weighted by molar-refractivity contribution is 0.619. The minimum Gasteiger partial charge on any atom is -0.343 e. The summed E-state index contributed by atoms with van der Waals surface area (Å²) in [6.07, 6.45) is 5.22. The minimum atomic E-state index is 0.635. The largest absolute Gasteiger partial charge is 0.343 e. The molecule has 1 aliphatic rings. The number of anilines is 1. The number of hydrogen-bond acceptors (Lipinski definition) is 4. The van der Waals surface area contributed by atoms with Crippen LogP contribution in [0.1, 0.15) is 31.5 Å². The van der Waals surface area contributed by atoms with Gasteiger partial charge in [-0.05, 0) is 19.8 Å². The average molecular weight is 246 g/mol. The summed E-state index contributed by atoms with van der Waals surface area (Å²) in [4.78, 5) is 6.79. The van der Waals surface area contributed by atoms with Crippen molar-refractivity contribution in [3.63, 3.8) is 0 Å². The summed E-state index contributed by atoms with van der Waals surface area (Å²) in [6.45, 7) is 2.83. The SMILES string of the molecule is Cc1nsc(N(CCCl)C2CCCC2)n1. The van der Waals surface area contributed by atoms with Crippen LogP contribution >= 0.6 is 23.1 Å². The highest BCUT2D eigenvalue weighted by atomic mass is 35.5. The third-order valence-electron chi connectivity index (χ3n) is 2.85. The fourth-order valence-electron chi connectivity index (χ4n) is 2.14. The molecule has 1 heterocycles. The summed E-state index contributed by atoms with van der Waals surface area (Å²) in [5.41, 5.74) is 0. The van der Waals surface area contributed by atoms with E-state index >= 15 is 0 Å².